The number of carbonyl (C=O) groups is 3. The predicted molar refractivity (Wildman–Crippen MR) is 168 cm³/mol. The van der Waals surface area contributed by atoms with Crippen molar-refractivity contribution in [3.05, 3.63) is 79.9 Å². The van der Waals surface area contributed by atoms with E-state index in [1.807, 2.05) is 32.1 Å². The van der Waals surface area contributed by atoms with Crippen LogP contribution in [0.3, 0.4) is 0 Å². The number of fused-ring (bicyclic) bond motifs is 6. The monoisotopic (exact) mass is 598 g/mol. The van der Waals surface area contributed by atoms with Crippen LogP contribution in [0, 0.1) is 24.7 Å². The fraction of sp³-hybridized carbons (Fsp3) is 0.382. The van der Waals surface area contributed by atoms with Crippen molar-refractivity contribution in [2.45, 2.75) is 66.3 Å². The molecule has 0 fully saturated rings. The van der Waals surface area contributed by atoms with Gasteiger partial charge in [-0.2, -0.15) is 0 Å². The minimum absolute atomic E-state index is 0.0420. The second kappa shape index (κ2) is 11.7. The average molecular weight is 599 g/mol. The maximum Gasteiger partial charge on any atom is 0.338 e. The van der Waals surface area contributed by atoms with Crippen LogP contribution in [0.2, 0.25) is 0 Å². The molecule has 0 spiro atoms. The maximum absolute atomic E-state index is 12.7. The Morgan fingerprint density at radius 1 is 1.02 bits per heavy atom. The molecule has 0 saturated carbocycles. The van der Waals surface area contributed by atoms with Crippen LogP contribution >= 0.6 is 0 Å². The van der Waals surface area contributed by atoms with Gasteiger partial charge in [0.15, 0.2) is 0 Å². The van der Waals surface area contributed by atoms with Gasteiger partial charge in [0, 0.05) is 51.8 Å². The van der Waals surface area contributed by atoms with Crippen molar-refractivity contribution < 1.29 is 29.7 Å². The van der Waals surface area contributed by atoms with E-state index in [1.165, 1.54) is 0 Å². The Bertz CT molecular complexity index is 1810. The van der Waals surface area contributed by atoms with E-state index in [-0.39, 0.29) is 47.6 Å². The molecule has 4 aliphatic rings. The molecule has 8 bridgehead atoms. The van der Waals surface area contributed by atoms with Crippen molar-refractivity contribution in [1.29, 1.82) is 0 Å². The van der Waals surface area contributed by atoms with Crippen LogP contribution in [0.25, 0.3) is 12.2 Å². The van der Waals surface area contributed by atoms with Crippen molar-refractivity contribution in [3.8, 4) is 0 Å². The van der Waals surface area contributed by atoms with Gasteiger partial charge in [-0.1, -0.05) is 33.4 Å². The van der Waals surface area contributed by atoms with E-state index in [1.54, 1.807) is 6.92 Å². The molecule has 0 aliphatic carbocycles. The number of hydrogen-bond acceptors (Lipinski definition) is 6. The lowest BCUT2D eigenvalue weighted by atomic mass is 9.81. The SMILES string of the molecule is C=CC1=C2/C=c3\[nH]c(c(CC)c3C)=CC3=N/C(=C(/CC(=O)O)C4=N/C(=C\C(N2)C1C)[C@@H](C)[C@@H]4CCC(=O)O)C(C(=O)O)=C3C. The van der Waals surface area contributed by atoms with Crippen molar-refractivity contribution in [3.63, 3.8) is 0 Å². The zero-order chi connectivity index (χ0) is 32.0. The molecular formula is C34H38N4O6. The van der Waals surface area contributed by atoms with Crippen LogP contribution in [0.15, 0.2) is 68.1 Å². The van der Waals surface area contributed by atoms with E-state index < -0.39 is 30.2 Å². The summed E-state index contributed by atoms with van der Waals surface area (Å²) in [5, 5.41) is 35.2. The number of rotatable bonds is 8. The largest absolute Gasteiger partial charge is 0.481 e. The van der Waals surface area contributed by atoms with Gasteiger partial charge in [-0.25, -0.2) is 9.79 Å². The zero-order valence-electron chi connectivity index (χ0n) is 25.6. The van der Waals surface area contributed by atoms with Gasteiger partial charge in [0.2, 0.25) is 0 Å². The smallest absolute Gasteiger partial charge is 0.338 e. The van der Waals surface area contributed by atoms with Gasteiger partial charge < -0.3 is 25.6 Å². The van der Waals surface area contributed by atoms with E-state index in [4.69, 9.17) is 9.98 Å². The Kier molecular flexibility index (Phi) is 8.20. The third kappa shape index (κ3) is 5.29. The molecule has 230 valence electrons. The summed E-state index contributed by atoms with van der Waals surface area (Å²) in [5.74, 6) is -4.00. The van der Waals surface area contributed by atoms with Crippen molar-refractivity contribution in [1.82, 2.24) is 10.3 Å². The van der Waals surface area contributed by atoms with Crippen LogP contribution in [0.5, 0.6) is 0 Å². The van der Waals surface area contributed by atoms with Gasteiger partial charge in [0.05, 0.1) is 35.2 Å². The Labute approximate surface area is 255 Å². The fourth-order valence-corrected chi connectivity index (χ4v) is 6.85. The molecule has 0 radical (unpaired) electrons. The van der Waals surface area contributed by atoms with Crippen LogP contribution in [-0.2, 0) is 20.8 Å². The summed E-state index contributed by atoms with van der Waals surface area (Å²) >= 11 is 0. The lowest BCUT2D eigenvalue weighted by Gasteiger charge is -2.21. The zero-order valence-corrected chi connectivity index (χ0v) is 25.6. The first-order chi connectivity index (χ1) is 20.9. The molecular weight excluding hydrogens is 560 g/mol. The topological polar surface area (TPSA) is 164 Å². The quantitative estimate of drug-likeness (QED) is 0.305. The number of aromatic amines is 1. The van der Waals surface area contributed by atoms with Crippen LogP contribution < -0.4 is 16.0 Å². The Morgan fingerprint density at radius 3 is 2.36 bits per heavy atom. The number of H-pyrrole nitrogens is 1. The summed E-state index contributed by atoms with van der Waals surface area (Å²) < 4.78 is 0. The molecule has 5 N–H and O–H groups in total. The van der Waals surface area contributed by atoms with E-state index in [0.29, 0.717) is 22.7 Å². The first-order valence-electron chi connectivity index (χ1n) is 14.9. The van der Waals surface area contributed by atoms with Gasteiger partial charge in [0.1, 0.15) is 0 Å². The first kappa shape index (κ1) is 30.7. The molecule has 4 atom stereocenters. The van der Waals surface area contributed by atoms with Gasteiger partial charge in [-0.05, 0) is 67.2 Å². The molecule has 1 aromatic heterocycles. The second-order valence-corrected chi connectivity index (χ2v) is 11.8. The lowest BCUT2D eigenvalue weighted by Crippen LogP contribution is -2.27. The van der Waals surface area contributed by atoms with Crippen molar-refractivity contribution in [2.75, 3.05) is 0 Å². The summed E-state index contributed by atoms with van der Waals surface area (Å²) in [6.07, 6.45) is 8.06. The Morgan fingerprint density at radius 2 is 1.75 bits per heavy atom. The first-order valence-corrected chi connectivity index (χ1v) is 14.9. The molecule has 0 amide bonds. The number of hydrogen-bond donors (Lipinski definition) is 5. The highest BCUT2D eigenvalue weighted by molar-refractivity contribution is 6.27. The standard InChI is InChI=1S/C34H38N4O6/c1-7-19-15(3)23-12-25-17(5)21(9-10-29(39)40)32(37-25)22(11-30(41)42)33-31(34(43)44)18(6)26(38-33)14-28-20(8-2)16(4)24(36-28)13-27(19)35-23/h7,12-15,17,21,23,35-36H,1,8-11H2,2-6H3,(H,39,40)(H,41,42)(H,43,44)/b24-13-,25-12-,28-14?,33-22-/t15?,17-,21-,23?/m0/s1. The van der Waals surface area contributed by atoms with E-state index in [0.717, 1.165) is 39.5 Å². The number of carboxylic acid groups (broad SMARTS) is 3. The third-order valence-electron chi connectivity index (χ3n) is 9.31. The summed E-state index contributed by atoms with van der Waals surface area (Å²) in [5.41, 5.74) is 6.18. The van der Waals surface area contributed by atoms with Crippen molar-refractivity contribution in [2.24, 2.45) is 27.7 Å². The number of aromatic nitrogens is 1. The number of allylic oxidation sites excluding steroid dienone is 4. The minimum Gasteiger partial charge on any atom is -0.481 e. The summed E-state index contributed by atoms with van der Waals surface area (Å²) in [7, 11) is 0. The Hall–Kier alpha value is -4.73. The summed E-state index contributed by atoms with van der Waals surface area (Å²) in [6.45, 7) is 13.9. The Balaban J connectivity index is 1.89. The highest BCUT2D eigenvalue weighted by Gasteiger charge is 2.39. The number of nitrogens with one attached hydrogen (secondary N) is 2. The minimum atomic E-state index is -1.22. The highest BCUT2D eigenvalue weighted by Crippen LogP contribution is 2.41. The summed E-state index contributed by atoms with van der Waals surface area (Å²) in [6, 6.07) is -0.154. The number of carboxylic acids is 3. The van der Waals surface area contributed by atoms with Crippen LogP contribution in [-0.4, -0.2) is 55.7 Å². The molecule has 0 saturated heterocycles. The van der Waals surface area contributed by atoms with Crippen LogP contribution in [0.4, 0.5) is 0 Å². The van der Waals surface area contributed by atoms with E-state index in [9.17, 15) is 29.7 Å². The maximum atomic E-state index is 12.7. The number of aliphatic carboxylic acids is 3. The van der Waals surface area contributed by atoms with E-state index in [2.05, 4.69) is 36.8 Å². The summed E-state index contributed by atoms with van der Waals surface area (Å²) in [4.78, 5) is 49.8. The molecule has 44 heavy (non-hydrogen) atoms. The molecule has 4 aliphatic heterocycles. The van der Waals surface area contributed by atoms with Gasteiger partial charge >= 0.3 is 17.9 Å². The van der Waals surface area contributed by atoms with Crippen LogP contribution in [0.1, 0.15) is 58.1 Å². The van der Waals surface area contributed by atoms with Crippen molar-refractivity contribution >= 4 is 41.5 Å². The number of aliphatic imine (C=N–C) groups is 2. The van der Waals surface area contributed by atoms with Gasteiger partial charge in [-0.3, -0.25) is 14.6 Å². The fourth-order valence-electron chi connectivity index (χ4n) is 6.85. The van der Waals surface area contributed by atoms with Gasteiger partial charge in [-0.15, -0.1) is 0 Å². The van der Waals surface area contributed by atoms with Gasteiger partial charge in [0.25, 0.3) is 0 Å². The third-order valence-corrected chi connectivity index (χ3v) is 9.31. The predicted octanol–water partition coefficient (Wildman–Crippen LogP) is 3.55. The molecule has 10 nitrogen and oxygen atoms in total. The molecule has 1 aromatic rings. The molecule has 5 heterocycles. The normalized spacial score (nSPS) is 27.9. The second-order valence-electron chi connectivity index (χ2n) is 11.8. The molecule has 5 rings (SSSR count). The molecule has 10 heteroatoms. The van der Waals surface area contributed by atoms with E-state index >= 15 is 0 Å². The number of nitrogens with zero attached hydrogens (tertiary/aromatic N) is 2. The lowest BCUT2D eigenvalue weighted by molar-refractivity contribution is -0.138. The highest BCUT2D eigenvalue weighted by atomic mass is 16.4. The molecule has 0 aromatic carbocycles. The molecule has 2 unspecified atom stereocenters. The average Bonchev–Trinajstić information content (AvgIpc) is 3.63.